The maximum Gasteiger partial charge on any atom is 0.240 e. The molecule has 0 amide bonds. The maximum absolute atomic E-state index is 12.7. The summed E-state index contributed by atoms with van der Waals surface area (Å²) in [6.07, 6.45) is 0.577. The van der Waals surface area contributed by atoms with E-state index in [4.69, 9.17) is 4.74 Å². The average Bonchev–Trinajstić information content (AvgIpc) is 2.55. The van der Waals surface area contributed by atoms with E-state index in [1.165, 1.54) is 0 Å². The molecule has 4 nitrogen and oxygen atoms in total. The highest BCUT2D eigenvalue weighted by Crippen LogP contribution is 2.23. The van der Waals surface area contributed by atoms with Crippen LogP contribution >= 0.6 is 0 Å². The second-order valence-corrected chi connectivity index (χ2v) is 8.95. The topological polar surface area (TPSA) is 55.4 Å². The molecule has 0 radical (unpaired) electrons. The molecule has 0 spiro atoms. The summed E-state index contributed by atoms with van der Waals surface area (Å²) in [6, 6.07) is 16.5. The van der Waals surface area contributed by atoms with Crippen molar-refractivity contribution in [1.29, 1.82) is 0 Å². The van der Waals surface area contributed by atoms with Crippen LogP contribution in [0.2, 0.25) is 0 Å². The highest BCUT2D eigenvalue weighted by Gasteiger charge is 2.21. The van der Waals surface area contributed by atoms with E-state index >= 15 is 0 Å². The normalized spacial score (nSPS) is 13.6. The predicted octanol–water partition coefficient (Wildman–Crippen LogP) is 3.52. The van der Waals surface area contributed by atoms with Gasteiger partial charge < -0.3 is 4.74 Å². The highest BCUT2D eigenvalue weighted by molar-refractivity contribution is 7.89. The van der Waals surface area contributed by atoms with Gasteiger partial charge in [0.05, 0.1) is 11.5 Å². The zero-order valence-electron chi connectivity index (χ0n) is 15.3. The number of hydrogen-bond acceptors (Lipinski definition) is 3. The lowest BCUT2D eigenvalue weighted by Crippen LogP contribution is -2.39. The van der Waals surface area contributed by atoms with Gasteiger partial charge in [0.1, 0.15) is 0 Å². The Hall–Kier alpha value is -1.69. The summed E-state index contributed by atoms with van der Waals surface area (Å²) in [5, 5.41) is 0. The van der Waals surface area contributed by atoms with Crippen LogP contribution in [0.1, 0.15) is 31.9 Å². The fourth-order valence-corrected chi connectivity index (χ4v) is 3.88. The van der Waals surface area contributed by atoms with Gasteiger partial charge in [-0.25, -0.2) is 13.1 Å². The molecular formula is C20H27NO3S. The molecule has 0 aliphatic carbocycles. The minimum absolute atomic E-state index is 0.0123. The van der Waals surface area contributed by atoms with E-state index in [0.29, 0.717) is 13.0 Å². The number of rotatable bonds is 7. The Morgan fingerprint density at radius 2 is 1.60 bits per heavy atom. The Morgan fingerprint density at radius 1 is 1.00 bits per heavy atom. The first-order valence-corrected chi connectivity index (χ1v) is 9.86. The largest absolute Gasteiger partial charge is 0.383 e. The maximum atomic E-state index is 12.7. The molecule has 2 rings (SSSR count). The minimum atomic E-state index is -3.59. The molecule has 0 saturated carbocycles. The molecule has 2 aromatic carbocycles. The van der Waals surface area contributed by atoms with Crippen LogP contribution in [0.15, 0.2) is 59.5 Å². The van der Waals surface area contributed by atoms with Crippen LogP contribution in [0.25, 0.3) is 0 Å². The third-order valence-electron chi connectivity index (χ3n) is 4.05. The fourth-order valence-electron chi connectivity index (χ4n) is 2.66. The molecule has 0 saturated heterocycles. The van der Waals surface area contributed by atoms with E-state index in [0.717, 1.165) is 11.1 Å². The SMILES string of the molecule is COCC(Cc1ccccc1)NS(=O)(=O)c1ccc(C(C)(C)C)cc1. The lowest BCUT2D eigenvalue weighted by molar-refractivity contribution is 0.174. The van der Waals surface area contributed by atoms with Crippen LogP contribution in [0, 0.1) is 0 Å². The lowest BCUT2D eigenvalue weighted by atomic mass is 9.87. The molecule has 0 aliphatic rings. The van der Waals surface area contributed by atoms with Crippen molar-refractivity contribution in [3.63, 3.8) is 0 Å². The van der Waals surface area contributed by atoms with E-state index in [-0.39, 0.29) is 16.4 Å². The second kappa shape index (κ2) is 8.13. The first-order valence-electron chi connectivity index (χ1n) is 8.38. The fraction of sp³-hybridized carbons (Fsp3) is 0.400. The Balaban J connectivity index is 2.16. The van der Waals surface area contributed by atoms with Crippen LogP contribution in [0.4, 0.5) is 0 Å². The molecule has 0 fully saturated rings. The van der Waals surface area contributed by atoms with E-state index in [9.17, 15) is 8.42 Å². The highest BCUT2D eigenvalue weighted by atomic mass is 32.2. The van der Waals surface area contributed by atoms with Gasteiger partial charge in [0.15, 0.2) is 0 Å². The van der Waals surface area contributed by atoms with Crippen LogP contribution in [0.5, 0.6) is 0 Å². The second-order valence-electron chi connectivity index (χ2n) is 7.24. The van der Waals surface area contributed by atoms with Crippen molar-refractivity contribution in [2.75, 3.05) is 13.7 Å². The molecule has 2 aromatic rings. The quantitative estimate of drug-likeness (QED) is 0.821. The standard InChI is InChI=1S/C20H27NO3S/c1-20(2,3)17-10-12-19(13-11-17)25(22,23)21-18(15-24-4)14-16-8-6-5-7-9-16/h5-13,18,21H,14-15H2,1-4H3. The summed E-state index contributed by atoms with van der Waals surface area (Å²) in [7, 11) is -2.02. The zero-order valence-corrected chi connectivity index (χ0v) is 16.1. The molecule has 1 atom stereocenters. The molecule has 25 heavy (non-hydrogen) atoms. The third-order valence-corrected chi connectivity index (χ3v) is 5.58. The summed E-state index contributed by atoms with van der Waals surface area (Å²) in [5.74, 6) is 0. The van der Waals surface area contributed by atoms with Crippen molar-refractivity contribution in [3.8, 4) is 0 Å². The molecule has 0 aromatic heterocycles. The molecule has 0 bridgehead atoms. The summed E-state index contributed by atoms with van der Waals surface area (Å²) >= 11 is 0. The van der Waals surface area contributed by atoms with Gasteiger partial charge in [0.2, 0.25) is 10.0 Å². The van der Waals surface area contributed by atoms with Gasteiger partial charge in [-0.3, -0.25) is 0 Å². The van der Waals surface area contributed by atoms with Crippen molar-refractivity contribution < 1.29 is 13.2 Å². The van der Waals surface area contributed by atoms with Gasteiger partial charge in [0, 0.05) is 13.2 Å². The average molecular weight is 362 g/mol. The number of ether oxygens (including phenoxy) is 1. The van der Waals surface area contributed by atoms with Crippen molar-refractivity contribution in [2.45, 2.75) is 43.5 Å². The number of benzene rings is 2. The molecule has 1 unspecified atom stereocenters. The van der Waals surface area contributed by atoms with E-state index < -0.39 is 10.0 Å². The summed E-state index contributed by atoms with van der Waals surface area (Å²) in [5.41, 5.74) is 2.15. The predicted molar refractivity (Wildman–Crippen MR) is 101 cm³/mol. The molecule has 136 valence electrons. The third kappa shape index (κ3) is 5.66. The zero-order chi connectivity index (χ0) is 18.5. The van der Waals surface area contributed by atoms with Gasteiger partial charge in [-0.15, -0.1) is 0 Å². The van der Waals surface area contributed by atoms with Gasteiger partial charge >= 0.3 is 0 Å². The lowest BCUT2D eigenvalue weighted by Gasteiger charge is -2.20. The number of methoxy groups -OCH3 is 1. The molecule has 0 aliphatic heterocycles. The molecular weight excluding hydrogens is 334 g/mol. The summed E-state index contributed by atoms with van der Waals surface area (Å²) in [4.78, 5) is 0.273. The Morgan fingerprint density at radius 3 is 2.12 bits per heavy atom. The van der Waals surface area contributed by atoms with Crippen LogP contribution in [0.3, 0.4) is 0 Å². The van der Waals surface area contributed by atoms with Crippen molar-refractivity contribution >= 4 is 10.0 Å². The number of nitrogens with one attached hydrogen (secondary N) is 1. The van der Waals surface area contributed by atoms with Gasteiger partial charge in [-0.2, -0.15) is 0 Å². The number of hydrogen-bond donors (Lipinski definition) is 1. The molecule has 0 heterocycles. The van der Waals surface area contributed by atoms with Crippen LogP contribution in [-0.2, 0) is 26.6 Å². The van der Waals surface area contributed by atoms with E-state index in [1.807, 2.05) is 42.5 Å². The monoisotopic (exact) mass is 361 g/mol. The van der Waals surface area contributed by atoms with E-state index in [2.05, 4.69) is 25.5 Å². The first-order chi connectivity index (χ1) is 11.7. The summed E-state index contributed by atoms with van der Waals surface area (Å²) < 4.78 is 33.4. The molecule has 1 N–H and O–H groups in total. The number of sulfonamides is 1. The van der Waals surface area contributed by atoms with Crippen molar-refractivity contribution in [2.24, 2.45) is 0 Å². The van der Waals surface area contributed by atoms with Crippen molar-refractivity contribution in [1.82, 2.24) is 4.72 Å². The Kier molecular flexibility index (Phi) is 6.38. The Labute approximate surface area is 151 Å². The van der Waals surface area contributed by atoms with Gasteiger partial charge in [-0.05, 0) is 35.1 Å². The van der Waals surface area contributed by atoms with Gasteiger partial charge in [-0.1, -0.05) is 63.2 Å². The smallest absolute Gasteiger partial charge is 0.240 e. The van der Waals surface area contributed by atoms with E-state index in [1.54, 1.807) is 19.2 Å². The Bertz CT molecular complexity index is 763. The first kappa shape index (κ1) is 19.6. The minimum Gasteiger partial charge on any atom is -0.383 e. The molecule has 5 heteroatoms. The van der Waals surface area contributed by atoms with Crippen LogP contribution < -0.4 is 4.72 Å². The van der Waals surface area contributed by atoms with Crippen LogP contribution in [-0.4, -0.2) is 28.2 Å². The van der Waals surface area contributed by atoms with Gasteiger partial charge in [0.25, 0.3) is 0 Å². The van der Waals surface area contributed by atoms with Crippen molar-refractivity contribution in [3.05, 3.63) is 65.7 Å². The summed E-state index contributed by atoms with van der Waals surface area (Å²) in [6.45, 7) is 6.61.